The third-order valence-electron chi connectivity index (χ3n) is 4.87. The normalized spacial score (nSPS) is 14.3. The molecule has 2 heterocycles. The largest absolute Gasteiger partial charge is 0.490 e. The van der Waals surface area contributed by atoms with Crippen molar-refractivity contribution in [2.75, 3.05) is 39.4 Å². The number of carbonyl (C=O) groups excluding carboxylic acids is 2. The van der Waals surface area contributed by atoms with Crippen molar-refractivity contribution in [2.24, 2.45) is 5.92 Å². The molecule has 0 bridgehead atoms. The molecular weight excluding hydrogens is 412 g/mol. The third kappa shape index (κ3) is 6.34. The second-order valence-electron chi connectivity index (χ2n) is 7.77. The molecule has 0 unspecified atom stereocenters. The Morgan fingerprint density at radius 3 is 2.45 bits per heavy atom. The van der Waals surface area contributed by atoms with Crippen molar-refractivity contribution < 1.29 is 19.1 Å². The molecule has 1 aliphatic heterocycles. The minimum Gasteiger partial charge on any atom is -0.490 e. The monoisotopic (exact) mass is 442 g/mol. The first kappa shape index (κ1) is 22.9. The molecule has 7 heteroatoms. The fraction of sp³-hybridized carbons (Fsp3) is 0.417. The standard InChI is InChI=1S/C24H30N2O4S/c1-4-29-22-16-19(7-9-21(22)30-17-18(2)3)24(28)26-13-11-25(12-14-26)23(27)10-8-20-6-5-15-31-20/h5-10,15-16,18H,4,11-14,17H2,1-3H3/b10-8+. The molecule has 2 amide bonds. The molecule has 0 N–H and O–H groups in total. The number of benzene rings is 1. The van der Waals surface area contributed by atoms with Gasteiger partial charge in [0.25, 0.3) is 5.91 Å². The number of thiophene rings is 1. The zero-order chi connectivity index (χ0) is 22.2. The second-order valence-corrected chi connectivity index (χ2v) is 8.74. The SMILES string of the molecule is CCOc1cc(C(=O)N2CCN(C(=O)/C=C/c3cccs3)CC2)ccc1OCC(C)C. The summed E-state index contributed by atoms with van der Waals surface area (Å²) in [6, 6.07) is 9.26. The molecule has 0 radical (unpaired) electrons. The highest BCUT2D eigenvalue weighted by Gasteiger charge is 2.24. The van der Waals surface area contributed by atoms with E-state index in [1.54, 1.807) is 45.4 Å². The van der Waals surface area contributed by atoms with E-state index in [1.807, 2.05) is 30.5 Å². The summed E-state index contributed by atoms with van der Waals surface area (Å²) >= 11 is 1.59. The van der Waals surface area contributed by atoms with Crippen LogP contribution >= 0.6 is 11.3 Å². The zero-order valence-electron chi connectivity index (χ0n) is 18.4. The summed E-state index contributed by atoms with van der Waals surface area (Å²) < 4.78 is 11.5. The molecular formula is C24H30N2O4S. The van der Waals surface area contributed by atoms with Crippen molar-refractivity contribution in [1.82, 2.24) is 9.80 Å². The predicted molar refractivity (Wildman–Crippen MR) is 124 cm³/mol. The van der Waals surface area contributed by atoms with Gasteiger partial charge >= 0.3 is 0 Å². The number of ether oxygens (including phenoxy) is 2. The number of amides is 2. The van der Waals surface area contributed by atoms with E-state index in [0.29, 0.717) is 62.4 Å². The first-order chi connectivity index (χ1) is 15.0. The third-order valence-corrected chi connectivity index (χ3v) is 5.71. The summed E-state index contributed by atoms with van der Waals surface area (Å²) in [7, 11) is 0. The van der Waals surface area contributed by atoms with Crippen LogP contribution in [0.5, 0.6) is 11.5 Å². The molecule has 1 aliphatic rings. The number of hydrogen-bond acceptors (Lipinski definition) is 5. The lowest BCUT2D eigenvalue weighted by molar-refractivity contribution is -0.127. The first-order valence-corrected chi connectivity index (χ1v) is 11.5. The lowest BCUT2D eigenvalue weighted by Gasteiger charge is -2.34. The zero-order valence-corrected chi connectivity index (χ0v) is 19.2. The predicted octanol–water partition coefficient (Wildman–Crippen LogP) is 4.18. The Labute approximate surface area is 188 Å². The highest BCUT2D eigenvalue weighted by Crippen LogP contribution is 2.29. The van der Waals surface area contributed by atoms with Gasteiger partial charge in [-0.15, -0.1) is 11.3 Å². The fourth-order valence-corrected chi connectivity index (χ4v) is 3.86. The maximum atomic E-state index is 13.0. The van der Waals surface area contributed by atoms with E-state index in [-0.39, 0.29) is 11.8 Å². The van der Waals surface area contributed by atoms with Crippen molar-refractivity contribution in [3.8, 4) is 11.5 Å². The van der Waals surface area contributed by atoms with Crippen LogP contribution in [0.15, 0.2) is 41.8 Å². The fourth-order valence-electron chi connectivity index (χ4n) is 3.24. The second kappa shape index (κ2) is 11.0. The van der Waals surface area contributed by atoms with Crippen LogP contribution < -0.4 is 9.47 Å². The van der Waals surface area contributed by atoms with Gasteiger partial charge in [0, 0.05) is 42.7 Å². The van der Waals surface area contributed by atoms with Crippen LogP contribution in [0.4, 0.5) is 0 Å². The van der Waals surface area contributed by atoms with E-state index >= 15 is 0 Å². The molecule has 1 saturated heterocycles. The van der Waals surface area contributed by atoms with E-state index in [2.05, 4.69) is 13.8 Å². The highest BCUT2D eigenvalue weighted by molar-refractivity contribution is 7.10. The van der Waals surface area contributed by atoms with Gasteiger partial charge in [0.1, 0.15) is 0 Å². The number of nitrogens with zero attached hydrogens (tertiary/aromatic N) is 2. The summed E-state index contributed by atoms with van der Waals surface area (Å²) in [5, 5.41) is 1.98. The van der Waals surface area contributed by atoms with Crippen LogP contribution in [-0.2, 0) is 4.79 Å². The van der Waals surface area contributed by atoms with Crippen LogP contribution in [0.3, 0.4) is 0 Å². The van der Waals surface area contributed by atoms with Gasteiger partial charge in [-0.05, 0) is 48.6 Å². The number of piperazine rings is 1. The first-order valence-electron chi connectivity index (χ1n) is 10.7. The molecule has 1 aromatic carbocycles. The van der Waals surface area contributed by atoms with Gasteiger partial charge in [0.2, 0.25) is 5.91 Å². The average Bonchev–Trinajstić information content (AvgIpc) is 3.30. The molecule has 0 spiro atoms. The minimum absolute atomic E-state index is 0.0224. The molecule has 0 atom stereocenters. The van der Waals surface area contributed by atoms with Crippen LogP contribution in [0.25, 0.3) is 6.08 Å². The minimum atomic E-state index is -0.0578. The van der Waals surface area contributed by atoms with Gasteiger partial charge in [0.15, 0.2) is 11.5 Å². The van der Waals surface area contributed by atoms with Crippen LogP contribution in [0.2, 0.25) is 0 Å². The number of rotatable bonds is 8. The van der Waals surface area contributed by atoms with E-state index in [4.69, 9.17) is 9.47 Å². The maximum absolute atomic E-state index is 13.0. The summed E-state index contributed by atoms with van der Waals surface area (Å²) in [6.45, 7) is 9.21. The molecule has 1 aromatic heterocycles. The highest BCUT2D eigenvalue weighted by atomic mass is 32.1. The van der Waals surface area contributed by atoms with E-state index < -0.39 is 0 Å². The molecule has 0 aliphatic carbocycles. The van der Waals surface area contributed by atoms with Crippen molar-refractivity contribution in [2.45, 2.75) is 20.8 Å². The summed E-state index contributed by atoms with van der Waals surface area (Å²) in [6.07, 6.45) is 3.44. The van der Waals surface area contributed by atoms with Crippen molar-refractivity contribution in [3.05, 3.63) is 52.2 Å². The summed E-state index contributed by atoms with van der Waals surface area (Å²) in [5.74, 6) is 1.56. The maximum Gasteiger partial charge on any atom is 0.254 e. The van der Waals surface area contributed by atoms with Gasteiger partial charge in [-0.25, -0.2) is 0 Å². The number of carbonyl (C=O) groups is 2. The van der Waals surface area contributed by atoms with Gasteiger partial charge in [-0.3, -0.25) is 9.59 Å². The van der Waals surface area contributed by atoms with E-state index in [9.17, 15) is 9.59 Å². The Balaban J connectivity index is 1.59. The Bertz CT molecular complexity index is 900. The topological polar surface area (TPSA) is 59.1 Å². The molecule has 1 fully saturated rings. The van der Waals surface area contributed by atoms with Crippen molar-refractivity contribution in [3.63, 3.8) is 0 Å². The summed E-state index contributed by atoms with van der Waals surface area (Å²) in [4.78, 5) is 30.0. The molecule has 2 aromatic rings. The Kier molecular flexibility index (Phi) is 8.12. The molecule has 166 valence electrons. The van der Waals surface area contributed by atoms with Gasteiger partial charge in [0.05, 0.1) is 13.2 Å². The van der Waals surface area contributed by atoms with Gasteiger partial charge in [-0.2, -0.15) is 0 Å². The average molecular weight is 443 g/mol. The lowest BCUT2D eigenvalue weighted by Crippen LogP contribution is -2.50. The quantitative estimate of drug-likeness (QED) is 0.576. The molecule has 3 rings (SSSR count). The van der Waals surface area contributed by atoms with Crippen molar-refractivity contribution >= 4 is 29.2 Å². The molecule has 31 heavy (non-hydrogen) atoms. The van der Waals surface area contributed by atoms with Crippen LogP contribution in [0, 0.1) is 5.92 Å². The Hall–Kier alpha value is -2.80. The van der Waals surface area contributed by atoms with Crippen LogP contribution in [-0.4, -0.2) is 61.0 Å². The Morgan fingerprint density at radius 2 is 1.81 bits per heavy atom. The molecule has 0 saturated carbocycles. The smallest absolute Gasteiger partial charge is 0.254 e. The van der Waals surface area contributed by atoms with Crippen LogP contribution in [0.1, 0.15) is 36.0 Å². The van der Waals surface area contributed by atoms with Gasteiger partial charge < -0.3 is 19.3 Å². The number of hydrogen-bond donors (Lipinski definition) is 0. The molecule has 6 nitrogen and oxygen atoms in total. The Morgan fingerprint density at radius 1 is 1.06 bits per heavy atom. The lowest BCUT2D eigenvalue weighted by atomic mass is 10.1. The summed E-state index contributed by atoms with van der Waals surface area (Å²) in [5.41, 5.74) is 0.567. The van der Waals surface area contributed by atoms with E-state index in [1.165, 1.54) is 0 Å². The van der Waals surface area contributed by atoms with Gasteiger partial charge in [-0.1, -0.05) is 19.9 Å². The van der Waals surface area contributed by atoms with Crippen molar-refractivity contribution in [1.29, 1.82) is 0 Å². The van der Waals surface area contributed by atoms with E-state index in [0.717, 1.165) is 4.88 Å².